The summed E-state index contributed by atoms with van der Waals surface area (Å²) in [4.78, 5) is 10.4. The number of carboxylic acids is 1. The van der Waals surface area contributed by atoms with E-state index in [0.29, 0.717) is 5.56 Å². The van der Waals surface area contributed by atoms with Crippen molar-refractivity contribution in [2.45, 2.75) is 13.3 Å². The molecule has 0 aliphatic rings. The fourth-order valence-corrected chi connectivity index (χ4v) is 1.19. The zero-order valence-electron chi connectivity index (χ0n) is 8.07. The van der Waals surface area contributed by atoms with E-state index in [-0.39, 0.29) is 17.7 Å². The van der Waals surface area contributed by atoms with Crippen LogP contribution in [-0.4, -0.2) is 22.0 Å². The van der Waals surface area contributed by atoms with Gasteiger partial charge in [-0.15, -0.1) is 0 Å². The summed E-state index contributed by atoms with van der Waals surface area (Å²) in [6, 6.07) is 4.00. The van der Waals surface area contributed by atoms with Crippen molar-refractivity contribution in [3.8, 4) is 0 Å². The van der Waals surface area contributed by atoms with Gasteiger partial charge >= 0.3 is 5.97 Å². The van der Waals surface area contributed by atoms with Crippen LogP contribution in [0.1, 0.15) is 18.1 Å². The molecule has 2 N–H and O–H groups in total. The zero-order valence-corrected chi connectivity index (χ0v) is 8.07. The number of hydrogen-bond acceptors (Lipinski definition) is 3. The average Bonchev–Trinajstić information content (AvgIpc) is 2.16. The van der Waals surface area contributed by atoms with Crippen LogP contribution in [0.4, 0.5) is 4.39 Å². The van der Waals surface area contributed by atoms with Crippen molar-refractivity contribution < 1.29 is 19.5 Å². The van der Waals surface area contributed by atoms with Crippen LogP contribution in [0.15, 0.2) is 23.4 Å². The number of rotatable bonds is 3. The van der Waals surface area contributed by atoms with Crippen molar-refractivity contribution >= 4 is 11.7 Å². The fraction of sp³-hybridized carbons (Fsp3) is 0.200. The zero-order chi connectivity index (χ0) is 11.4. The standard InChI is InChI=1S/C10H10FNO3/c1-6(12-15)8-3-2-7(4-9(8)11)5-10(13)14/h2-4,15H,5H2,1H3,(H,13,14). The Bertz CT molecular complexity index is 415. The van der Waals surface area contributed by atoms with E-state index in [1.54, 1.807) is 0 Å². The first kappa shape index (κ1) is 11.2. The molecule has 0 radical (unpaired) electrons. The molecule has 0 saturated carbocycles. The number of hydrogen-bond donors (Lipinski definition) is 2. The van der Waals surface area contributed by atoms with Crippen LogP contribution < -0.4 is 0 Å². The van der Waals surface area contributed by atoms with Crippen molar-refractivity contribution in [2.75, 3.05) is 0 Å². The SMILES string of the molecule is CC(=NO)c1ccc(CC(=O)O)cc1F. The van der Waals surface area contributed by atoms with Gasteiger partial charge in [0.15, 0.2) is 0 Å². The molecule has 1 aromatic rings. The van der Waals surface area contributed by atoms with E-state index in [1.807, 2.05) is 0 Å². The molecular formula is C10H10FNO3. The summed E-state index contributed by atoms with van der Waals surface area (Å²) < 4.78 is 13.4. The molecule has 0 fully saturated rings. The van der Waals surface area contributed by atoms with Crippen molar-refractivity contribution in [1.29, 1.82) is 0 Å². The predicted molar refractivity (Wildman–Crippen MR) is 51.7 cm³/mol. The highest BCUT2D eigenvalue weighted by atomic mass is 19.1. The molecule has 5 heteroatoms. The first-order chi connectivity index (χ1) is 7.04. The van der Waals surface area contributed by atoms with Crippen molar-refractivity contribution in [1.82, 2.24) is 0 Å². The fourth-order valence-electron chi connectivity index (χ4n) is 1.19. The summed E-state index contributed by atoms with van der Waals surface area (Å²) in [5, 5.41) is 19.8. The Morgan fingerprint density at radius 1 is 1.53 bits per heavy atom. The number of aliphatic carboxylic acids is 1. The van der Waals surface area contributed by atoms with Gasteiger partial charge in [0, 0.05) is 5.56 Å². The second-order valence-corrected chi connectivity index (χ2v) is 3.07. The first-order valence-electron chi connectivity index (χ1n) is 4.24. The molecule has 0 spiro atoms. The molecule has 1 aromatic carbocycles. The van der Waals surface area contributed by atoms with Crippen LogP contribution in [0, 0.1) is 5.82 Å². The minimum Gasteiger partial charge on any atom is -0.481 e. The minimum atomic E-state index is -1.02. The largest absolute Gasteiger partial charge is 0.481 e. The van der Waals surface area contributed by atoms with E-state index in [9.17, 15) is 9.18 Å². The van der Waals surface area contributed by atoms with E-state index in [4.69, 9.17) is 10.3 Å². The van der Waals surface area contributed by atoms with Crippen LogP contribution in [0.3, 0.4) is 0 Å². The van der Waals surface area contributed by atoms with Crippen molar-refractivity contribution in [3.05, 3.63) is 35.1 Å². The maximum Gasteiger partial charge on any atom is 0.307 e. The molecule has 15 heavy (non-hydrogen) atoms. The van der Waals surface area contributed by atoms with Crippen molar-refractivity contribution in [2.24, 2.45) is 5.16 Å². The lowest BCUT2D eigenvalue weighted by Crippen LogP contribution is -2.03. The normalized spacial score (nSPS) is 11.5. The van der Waals surface area contributed by atoms with Gasteiger partial charge in [0.2, 0.25) is 0 Å². The van der Waals surface area contributed by atoms with Gasteiger partial charge in [0.1, 0.15) is 5.82 Å². The second-order valence-electron chi connectivity index (χ2n) is 3.07. The highest BCUT2D eigenvalue weighted by molar-refractivity contribution is 5.98. The molecule has 0 aliphatic carbocycles. The number of carbonyl (C=O) groups is 1. The van der Waals surface area contributed by atoms with Crippen LogP contribution >= 0.6 is 0 Å². The molecule has 1 rings (SSSR count). The number of nitrogens with zero attached hydrogens (tertiary/aromatic N) is 1. The monoisotopic (exact) mass is 211 g/mol. The quantitative estimate of drug-likeness (QED) is 0.453. The Balaban J connectivity index is 3.03. The minimum absolute atomic E-state index is 0.148. The Hall–Kier alpha value is -1.91. The second kappa shape index (κ2) is 4.54. The molecule has 0 amide bonds. The number of carboxylic acid groups (broad SMARTS) is 1. The Kier molecular flexibility index (Phi) is 3.38. The molecular weight excluding hydrogens is 201 g/mol. The lowest BCUT2D eigenvalue weighted by atomic mass is 10.1. The molecule has 4 nitrogen and oxygen atoms in total. The van der Waals surface area contributed by atoms with Gasteiger partial charge in [-0.1, -0.05) is 11.2 Å². The summed E-state index contributed by atoms with van der Waals surface area (Å²) >= 11 is 0. The summed E-state index contributed by atoms with van der Waals surface area (Å²) in [5.41, 5.74) is 0.676. The van der Waals surface area contributed by atoms with E-state index < -0.39 is 11.8 Å². The summed E-state index contributed by atoms with van der Waals surface area (Å²) in [7, 11) is 0. The molecule has 0 aromatic heterocycles. The van der Waals surface area contributed by atoms with Gasteiger partial charge in [-0.2, -0.15) is 0 Å². The van der Waals surface area contributed by atoms with Gasteiger partial charge in [0.25, 0.3) is 0 Å². The van der Waals surface area contributed by atoms with Gasteiger partial charge in [0.05, 0.1) is 12.1 Å². The first-order valence-corrected chi connectivity index (χ1v) is 4.24. The van der Waals surface area contributed by atoms with E-state index >= 15 is 0 Å². The van der Waals surface area contributed by atoms with Gasteiger partial charge in [-0.05, 0) is 24.6 Å². The maximum atomic E-state index is 13.4. The molecule has 0 saturated heterocycles. The highest BCUT2D eigenvalue weighted by Crippen LogP contribution is 2.12. The Morgan fingerprint density at radius 2 is 2.20 bits per heavy atom. The van der Waals surface area contributed by atoms with Crippen LogP contribution in [0.2, 0.25) is 0 Å². The number of oxime groups is 1. The number of halogens is 1. The molecule has 0 aliphatic heterocycles. The van der Waals surface area contributed by atoms with Crippen LogP contribution in [0.5, 0.6) is 0 Å². The molecule has 0 bridgehead atoms. The highest BCUT2D eigenvalue weighted by Gasteiger charge is 2.08. The van der Waals surface area contributed by atoms with E-state index in [2.05, 4.69) is 5.16 Å². The molecule has 80 valence electrons. The van der Waals surface area contributed by atoms with Crippen molar-refractivity contribution in [3.63, 3.8) is 0 Å². The number of benzene rings is 1. The Labute approximate surface area is 85.7 Å². The topological polar surface area (TPSA) is 69.9 Å². The summed E-state index contributed by atoms with van der Waals surface area (Å²) in [5.74, 6) is -1.61. The third-order valence-corrected chi connectivity index (χ3v) is 1.93. The molecule has 0 atom stereocenters. The molecule has 0 heterocycles. The van der Waals surface area contributed by atoms with E-state index in [1.165, 1.54) is 19.1 Å². The lowest BCUT2D eigenvalue weighted by Gasteiger charge is -2.03. The summed E-state index contributed by atoms with van der Waals surface area (Å²) in [6.07, 6.45) is -0.230. The third-order valence-electron chi connectivity index (χ3n) is 1.93. The third kappa shape index (κ3) is 2.77. The Morgan fingerprint density at radius 3 is 2.67 bits per heavy atom. The van der Waals surface area contributed by atoms with Gasteiger partial charge in [-0.3, -0.25) is 4.79 Å². The molecule has 0 unspecified atom stereocenters. The van der Waals surface area contributed by atoms with Gasteiger partial charge < -0.3 is 10.3 Å². The lowest BCUT2D eigenvalue weighted by molar-refractivity contribution is -0.136. The smallest absolute Gasteiger partial charge is 0.307 e. The summed E-state index contributed by atoms with van der Waals surface area (Å²) in [6.45, 7) is 1.45. The van der Waals surface area contributed by atoms with Crippen LogP contribution in [0.25, 0.3) is 0 Å². The van der Waals surface area contributed by atoms with Crippen LogP contribution in [-0.2, 0) is 11.2 Å². The van der Waals surface area contributed by atoms with E-state index in [0.717, 1.165) is 6.07 Å². The predicted octanol–water partition coefficient (Wildman–Crippen LogP) is 1.65. The van der Waals surface area contributed by atoms with Gasteiger partial charge in [-0.25, -0.2) is 4.39 Å². The average molecular weight is 211 g/mol. The maximum absolute atomic E-state index is 13.4.